The quantitative estimate of drug-likeness (QED) is 0.630. The molecule has 3 aromatic rings. The van der Waals surface area contributed by atoms with Crippen molar-refractivity contribution in [3.63, 3.8) is 0 Å². The van der Waals surface area contributed by atoms with Gasteiger partial charge in [0.25, 0.3) is 5.91 Å². The van der Waals surface area contributed by atoms with Gasteiger partial charge in [-0.25, -0.2) is 9.78 Å². The number of benzene rings is 1. The van der Waals surface area contributed by atoms with E-state index in [2.05, 4.69) is 10.3 Å². The highest BCUT2D eigenvalue weighted by atomic mass is 35.5. The van der Waals surface area contributed by atoms with Gasteiger partial charge in [-0.2, -0.15) is 0 Å². The molecule has 1 aliphatic carbocycles. The third-order valence-electron chi connectivity index (χ3n) is 4.41. The molecule has 0 aliphatic heterocycles. The standard InChI is InChI=1S/C18H14ClN3O3S/c19-12-5-4-9(7-10(12)18(24)25)21-16(23)15-14(20)11-6-8-2-1-3-13(8)22-17(11)26-15/h4-7H,1-3,20H2,(H,21,23)(H,24,25). The number of carboxylic acids is 1. The van der Waals surface area contributed by atoms with Crippen LogP contribution in [0.4, 0.5) is 11.4 Å². The van der Waals surface area contributed by atoms with Crippen molar-refractivity contribution >= 4 is 56.4 Å². The number of thiophene rings is 1. The number of aromatic nitrogens is 1. The SMILES string of the molecule is Nc1c(C(=O)Nc2ccc(Cl)c(C(=O)O)c2)sc2nc3c(cc12)CCC3. The van der Waals surface area contributed by atoms with Crippen molar-refractivity contribution in [3.05, 3.63) is 51.0 Å². The van der Waals surface area contributed by atoms with Crippen LogP contribution in [-0.2, 0) is 12.8 Å². The van der Waals surface area contributed by atoms with Gasteiger partial charge < -0.3 is 16.2 Å². The van der Waals surface area contributed by atoms with Crippen LogP contribution < -0.4 is 11.1 Å². The van der Waals surface area contributed by atoms with E-state index in [4.69, 9.17) is 22.4 Å². The first-order valence-electron chi connectivity index (χ1n) is 7.99. The first-order chi connectivity index (χ1) is 12.4. The number of carboxylic acid groups (broad SMARTS) is 1. The van der Waals surface area contributed by atoms with Crippen molar-refractivity contribution in [2.24, 2.45) is 0 Å². The average Bonchev–Trinajstić information content (AvgIpc) is 3.18. The van der Waals surface area contributed by atoms with Gasteiger partial charge in [0.1, 0.15) is 9.71 Å². The first kappa shape index (κ1) is 16.8. The second-order valence-electron chi connectivity index (χ2n) is 6.10. The topological polar surface area (TPSA) is 105 Å². The lowest BCUT2D eigenvalue weighted by Gasteiger charge is -2.06. The van der Waals surface area contributed by atoms with E-state index in [1.54, 1.807) is 6.07 Å². The van der Waals surface area contributed by atoms with Gasteiger partial charge in [-0.1, -0.05) is 11.6 Å². The van der Waals surface area contributed by atoms with Gasteiger partial charge in [-0.05, 0) is 49.1 Å². The molecule has 8 heteroatoms. The Balaban J connectivity index is 1.68. The van der Waals surface area contributed by atoms with Gasteiger partial charge in [0.2, 0.25) is 0 Å². The number of fused-ring (bicyclic) bond motifs is 2. The number of amides is 1. The normalized spacial score (nSPS) is 13.0. The number of hydrogen-bond acceptors (Lipinski definition) is 5. The molecule has 0 unspecified atom stereocenters. The smallest absolute Gasteiger partial charge is 0.337 e. The highest BCUT2D eigenvalue weighted by molar-refractivity contribution is 7.21. The summed E-state index contributed by atoms with van der Waals surface area (Å²) in [6, 6.07) is 6.32. The summed E-state index contributed by atoms with van der Waals surface area (Å²) in [4.78, 5) is 29.6. The van der Waals surface area contributed by atoms with Crippen LogP contribution in [0.2, 0.25) is 5.02 Å². The van der Waals surface area contributed by atoms with E-state index < -0.39 is 11.9 Å². The van der Waals surface area contributed by atoms with Crippen LogP contribution in [0.25, 0.3) is 10.2 Å². The molecule has 0 spiro atoms. The summed E-state index contributed by atoms with van der Waals surface area (Å²) in [5.41, 5.74) is 9.12. The Kier molecular flexibility index (Phi) is 4.05. The molecule has 0 atom stereocenters. The average molecular weight is 388 g/mol. The van der Waals surface area contributed by atoms with Crippen molar-refractivity contribution in [1.29, 1.82) is 0 Å². The lowest BCUT2D eigenvalue weighted by atomic mass is 10.1. The Morgan fingerprint density at radius 3 is 2.85 bits per heavy atom. The van der Waals surface area contributed by atoms with Crippen LogP contribution in [0.3, 0.4) is 0 Å². The maximum absolute atomic E-state index is 12.6. The summed E-state index contributed by atoms with van der Waals surface area (Å²) < 4.78 is 0. The van der Waals surface area contributed by atoms with E-state index in [0.29, 0.717) is 16.3 Å². The maximum Gasteiger partial charge on any atom is 0.337 e. The second-order valence-corrected chi connectivity index (χ2v) is 7.51. The molecule has 1 aromatic carbocycles. The predicted octanol–water partition coefficient (Wildman–Crippen LogP) is 3.97. The molecule has 0 saturated heterocycles. The molecule has 6 nitrogen and oxygen atoms in total. The molecule has 0 radical (unpaired) electrons. The van der Waals surface area contributed by atoms with Crippen molar-refractivity contribution in [3.8, 4) is 0 Å². The molecule has 2 aromatic heterocycles. The highest BCUT2D eigenvalue weighted by Gasteiger charge is 2.21. The molecule has 0 saturated carbocycles. The number of hydrogen-bond donors (Lipinski definition) is 3. The Morgan fingerprint density at radius 1 is 1.27 bits per heavy atom. The minimum Gasteiger partial charge on any atom is -0.478 e. The number of aromatic carboxylic acids is 1. The zero-order valence-corrected chi connectivity index (χ0v) is 15.1. The second kappa shape index (κ2) is 6.26. The molecule has 1 amide bonds. The van der Waals surface area contributed by atoms with E-state index in [9.17, 15) is 9.59 Å². The predicted molar refractivity (Wildman–Crippen MR) is 102 cm³/mol. The van der Waals surface area contributed by atoms with Crippen LogP contribution in [0.15, 0.2) is 24.3 Å². The fourth-order valence-electron chi connectivity index (χ4n) is 3.12. The van der Waals surface area contributed by atoms with E-state index in [1.165, 1.54) is 29.0 Å². The first-order valence-corrected chi connectivity index (χ1v) is 9.18. The Hall–Kier alpha value is -2.64. The van der Waals surface area contributed by atoms with Gasteiger partial charge >= 0.3 is 5.97 Å². The molecule has 1 aliphatic rings. The minimum atomic E-state index is -1.16. The van der Waals surface area contributed by atoms with Crippen LogP contribution in [-0.4, -0.2) is 22.0 Å². The summed E-state index contributed by atoms with van der Waals surface area (Å²) in [6.45, 7) is 0. The van der Waals surface area contributed by atoms with Gasteiger partial charge in [-0.15, -0.1) is 11.3 Å². The van der Waals surface area contributed by atoms with Crippen molar-refractivity contribution in [2.75, 3.05) is 11.1 Å². The number of nitrogens with two attached hydrogens (primary N) is 1. The number of nitrogen functional groups attached to an aromatic ring is 1. The Morgan fingerprint density at radius 2 is 2.08 bits per heavy atom. The summed E-state index contributed by atoms with van der Waals surface area (Å²) in [6.07, 6.45) is 3.03. The zero-order valence-electron chi connectivity index (χ0n) is 13.5. The summed E-state index contributed by atoms with van der Waals surface area (Å²) in [7, 11) is 0. The number of carbonyl (C=O) groups is 2. The van der Waals surface area contributed by atoms with Crippen molar-refractivity contribution in [1.82, 2.24) is 4.98 Å². The number of nitrogens with zero attached hydrogens (tertiary/aromatic N) is 1. The van der Waals surface area contributed by atoms with Crippen molar-refractivity contribution in [2.45, 2.75) is 19.3 Å². The van der Waals surface area contributed by atoms with Gasteiger partial charge in [0.15, 0.2) is 0 Å². The highest BCUT2D eigenvalue weighted by Crippen LogP contribution is 2.36. The Bertz CT molecular complexity index is 1080. The summed E-state index contributed by atoms with van der Waals surface area (Å²) in [5, 5.41) is 12.7. The van der Waals surface area contributed by atoms with Gasteiger partial charge in [0.05, 0.1) is 16.3 Å². The Labute approximate surface area is 157 Å². The number of rotatable bonds is 3. The maximum atomic E-state index is 12.6. The number of aryl methyl sites for hydroxylation is 2. The third kappa shape index (κ3) is 2.79. The molecule has 2 heterocycles. The molecule has 0 fully saturated rings. The lowest BCUT2D eigenvalue weighted by Crippen LogP contribution is -2.12. The van der Waals surface area contributed by atoms with Crippen LogP contribution in [0.5, 0.6) is 0 Å². The molecule has 26 heavy (non-hydrogen) atoms. The van der Waals surface area contributed by atoms with Gasteiger partial charge in [0, 0.05) is 16.8 Å². The molecule has 132 valence electrons. The fourth-order valence-corrected chi connectivity index (χ4v) is 4.31. The zero-order chi connectivity index (χ0) is 18.4. The number of halogens is 1. The molecule has 4 rings (SSSR count). The summed E-state index contributed by atoms with van der Waals surface area (Å²) in [5.74, 6) is -1.56. The molecule has 0 bridgehead atoms. The number of carbonyl (C=O) groups excluding carboxylic acids is 1. The van der Waals surface area contributed by atoms with Gasteiger partial charge in [-0.3, -0.25) is 4.79 Å². The lowest BCUT2D eigenvalue weighted by molar-refractivity contribution is 0.0696. The molecular formula is C18H14ClN3O3S. The summed E-state index contributed by atoms with van der Waals surface area (Å²) >= 11 is 7.09. The van der Waals surface area contributed by atoms with Crippen LogP contribution in [0, 0.1) is 0 Å². The number of nitrogens with one attached hydrogen (secondary N) is 1. The van der Waals surface area contributed by atoms with E-state index in [0.717, 1.165) is 35.2 Å². The van der Waals surface area contributed by atoms with Crippen LogP contribution >= 0.6 is 22.9 Å². The fraction of sp³-hybridized carbons (Fsp3) is 0.167. The molecule has 4 N–H and O–H groups in total. The molecular weight excluding hydrogens is 374 g/mol. The third-order valence-corrected chi connectivity index (χ3v) is 5.85. The van der Waals surface area contributed by atoms with Crippen molar-refractivity contribution < 1.29 is 14.7 Å². The van der Waals surface area contributed by atoms with E-state index >= 15 is 0 Å². The number of pyridine rings is 1. The largest absolute Gasteiger partial charge is 0.478 e. The minimum absolute atomic E-state index is 0.0770. The van der Waals surface area contributed by atoms with E-state index in [-0.39, 0.29) is 10.6 Å². The van der Waals surface area contributed by atoms with Crippen LogP contribution in [0.1, 0.15) is 37.7 Å². The number of anilines is 2. The van der Waals surface area contributed by atoms with E-state index in [1.807, 2.05) is 6.07 Å². The monoisotopic (exact) mass is 387 g/mol.